The number of fused-ring (bicyclic) bond motifs is 3. The van der Waals surface area contributed by atoms with Gasteiger partial charge in [-0.15, -0.1) is 0 Å². The molecule has 2 saturated heterocycles. The normalized spacial score (nSPS) is 29.6. The van der Waals surface area contributed by atoms with Gasteiger partial charge in [0.05, 0.1) is 30.9 Å². The van der Waals surface area contributed by atoms with Gasteiger partial charge in [-0.3, -0.25) is 14.4 Å². The van der Waals surface area contributed by atoms with Crippen molar-refractivity contribution in [3.63, 3.8) is 0 Å². The Morgan fingerprint density at radius 1 is 1.15 bits per heavy atom. The molecule has 6 rings (SSSR count). The average molecular weight is 564 g/mol. The highest BCUT2D eigenvalue weighted by molar-refractivity contribution is 6.71. The number of aliphatic hydroxyl groups is 1. The first-order valence-electron chi connectivity index (χ1n) is 14.1. The van der Waals surface area contributed by atoms with Crippen molar-refractivity contribution in [3.05, 3.63) is 59.2 Å². The van der Waals surface area contributed by atoms with Gasteiger partial charge >= 0.3 is 0 Å². The number of β-lactam (4-membered cyclic amide) rings is 1. The van der Waals surface area contributed by atoms with Crippen LogP contribution in [0.25, 0.3) is 0 Å². The number of carbonyl (C=O) groups is 3. The van der Waals surface area contributed by atoms with E-state index in [9.17, 15) is 24.3 Å². The Kier molecular flexibility index (Phi) is 6.45. The molecule has 0 aromatic heterocycles. The minimum atomic E-state index is -2.94. The summed E-state index contributed by atoms with van der Waals surface area (Å²) in [7, 11) is -1.22. The fourth-order valence-electron chi connectivity index (χ4n) is 7.46. The number of aliphatic hydroxyl groups excluding tert-OH is 1. The van der Waals surface area contributed by atoms with Gasteiger partial charge in [-0.25, -0.2) is 0 Å². The van der Waals surface area contributed by atoms with Crippen LogP contribution in [0.2, 0.25) is 18.6 Å². The van der Waals surface area contributed by atoms with Gasteiger partial charge in [0.15, 0.2) is 13.9 Å². The molecule has 0 unspecified atom stereocenters. The summed E-state index contributed by atoms with van der Waals surface area (Å²) in [6.07, 6.45) is 0.398. The van der Waals surface area contributed by atoms with E-state index in [1.165, 1.54) is 0 Å². The van der Waals surface area contributed by atoms with Crippen molar-refractivity contribution < 1.29 is 29.0 Å². The molecule has 0 radical (unpaired) electrons. The molecule has 1 spiro atoms. The summed E-state index contributed by atoms with van der Waals surface area (Å²) in [5.41, 5.74) is 2.56. The maximum absolute atomic E-state index is 14.0. The molecule has 4 heterocycles. The molecule has 4 aliphatic rings. The molecular formula is C30H37N3O6Si. The Hall–Kier alpha value is -3.05. The third kappa shape index (κ3) is 3.95. The minimum Gasteiger partial charge on any atom is -0.432 e. The first-order chi connectivity index (χ1) is 19.0. The van der Waals surface area contributed by atoms with E-state index in [1.807, 2.05) is 62.5 Å². The Morgan fingerprint density at radius 3 is 2.50 bits per heavy atom. The summed E-state index contributed by atoms with van der Waals surface area (Å²) in [6, 6.07) is 13.2. The molecule has 2 fully saturated rings. The highest BCUT2D eigenvalue weighted by atomic mass is 28.4. The number of amides is 3. The van der Waals surface area contributed by atoms with Gasteiger partial charge in [-0.1, -0.05) is 31.2 Å². The van der Waals surface area contributed by atoms with Crippen molar-refractivity contribution in [2.24, 2.45) is 5.92 Å². The topological polar surface area (TPSA) is 111 Å². The van der Waals surface area contributed by atoms with Crippen molar-refractivity contribution in [2.45, 2.75) is 69.1 Å². The van der Waals surface area contributed by atoms with Crippen LogP contribution in [0.15, 0.2) is 42.5 Å². The minimum absolute atomic E-state index is 0.00302. The molecule has 2 aromatic rings. The van der Waals surface area contributed by atoms with Gasteiger partial charge in [0.2, 0.25) is 11.8 Å². The van der Waals surface area contributed by atoms with Gasteiger partial charge in [0.1, 0.15) is 0 Å². The maximum Gasteiger partial charge on any atom is 0.264 e. The predicted molar refractivity (Wildman–Crippen MR) is 152 cm³/mol. The number of benzene rings is 2. The van der Waals surface area contributed by atoms with Crippen LogP contribution in [-0.4, -0.2) is 73.2 Å². The molecule has 9 nitrogen and oxygen atoms in total. The third-order valence-electron chi connectivity index (χ3n) is 9.52. The molecule has 0 aliphatic carbocycles. The van der Waals surface area contributed by atoms with Crippen molar-refractivity contribution in [3.8, 4) is 0 Å². The number of likely N-dealkylation sites (N-methyl/N-ethyl adjacent to an activating group) is 1. The summed E-state index contributed by atoms with van der Waals surface area (Å²) in [5, 5.41) is 10.1. The summed E-state index contributed by atoms with van der Waals surface area (Å²) >= 11 is 0. The van der Waals surface area contributed by atoms with E-state index >= 15 is 0 Å². The number of ether oxygens (including phenoxy) is 1. The summed E-state index contributed by atoms with van der Waals surface area (Å²) in [5.74, 6) is -0.740. The zero-order valence-electron chi connectivity index (χ0n) is 23.5. The fraction of sp³-hybridized carbons (Fsp3) is 0.500. The molecule has 2 aromatic carbocycles. The number of nitrogens with zero attached hydrogens (tertiary/aromatic N) is 3. The molecule has 5 atom stereocenters. The highest BCUT2D eigenvalue weighted by Crippen LogP contribution is 2.60. The van der Waals surface area contributed by atoms with Gasteiger partial charge in [-0.2, -0.15) is 0 Å². The number of anilines is 2. The first-order valence-corrected chi connectivity index (χ1v) is 17.1. The Morgan fingerprint density at radius 2 is 1.88 bits per heavy atom. The third-order valence-corrected chi connectivity index (χ3v) is 12.0. The number of hydrogen-bond donors (Lipinski definition) is 2. The van der Waals surface area contributed by atoms with Gasteiger partial charge in [-0.05, 0) is 48.8 Å². The van der Waals surface area contributed by atoms with Crippen LogP contribution >= 0.6 is 0 Å². The largest absolute Gasteiger partial charge is 0.432 e. The second kappa shape index (κ2) is 9.51. The second-order valence-electron chi connectivity index (χ2n) is 12.3. The van der Waals surface area contributed by atoms with E-state index < -0.39 is 31.5 Å². The predicted octanol–water partition coefficient (Wildman–Crippen LogP) is 2.53. The first kappa shape index (κ1) is 27.1. The monoisotopic (exact) mass is 563 g/mol. The molecule has 2 N–H and O–H groups in total. The van der Waals surface area contributed by atoms with Crippen LogP contribution in [0.3, 0.4) is 0 Å². The smallest absolute Gasteiger partial charge is 0.264 e. The Bertz CT molecular complexity index is 1390. The molecule has 3 amide bonds. The van der Waals surface area contributed by atoms with E-state index in [0.717, 1.165) is 16.8 Å². The van der Waals surface area contributed by atoms with E-state index in [0.29, 0.717) is 37.2 Å². The zero-order valence-corrected chi connectivity index (χ0v) is 24.5. The lowest BCUT2D eigenvalue weighted by Gasteiger charge is -2.37. The van der Waals surface area contributed by atoms with E-state index in [-0.39, 0.29) is 36.8 Å². The van der Waals surface area contributed by atoms with Gasteiger partial charge in [0, 0.05) is 49.3 Å². The van der Waals surface area contributed by atoms with Crippen LogP contribution in [0.1, 0.15) is 36.5 Å². The Balaban J connectivity index is 1.35. The van der Waals surface area contributed by atoms with E-state index in [2.05, 4.69) is 0 Å². The summed E-state index contributed by atoms with van der Waals surface area (Å²) in [4.78, 5) is 56.6. The lowest BCUT2D eigenvalue weighted by molar-refractivity contribution is -0.150. The van der Waals surface area contributed by atoms with Crippen molar-refractivity contribution in [1.82, 2.24) is 4.90 Å². The van der Waals surface area contributed by atoms with Crippen molar-refractivity contribution >= 4 is 37.4 Å². The standard InChI is InChI=1S/C30H37N3O6Si/c1-18-28(40(3,4)38)25(15-27(36)33-16-20-8-6-5-7-19(20)13-22(33)17-34)39-30(18)23-14-21(32-12-11-26(32)35)9-10-24(23)31(2)29(30)37/h5-10,14,18,22,25,28,34,38H,11-13,15-17H2,1-4H3/t18-,22-,25+,28-,30+/m0/s1. The van der Waals surface area contributed by atoms with Crippen LogP contribution in [0, 0.1) is 5.92 Å². The van der Waals surface area contributed by atoms with Crippen LogP contribution in [-0.2, 0) is 37.7 Å². The molecule has 212 valence electrons. The quantitative estimate of drug-likeness (QED) is 0.427. The van der Waals surface area contributed by atoms with Crippen molar-refractivity contribution in [2.75, 3.05) is 30.0 Å². The molecule has 40 heavy (non-hydrogen) atoms. The Labute approximate surface area is 235 Å². The summed E-state index contributed by atoms with van der Waals surface area (Å²) < 4.78 is 6.75. The molecular weight excluding hydrogens is 526 g/mol. The van der Waals surface area contributed by atoms with Crippen LogP contribution in [0.4, 0.5) is 11.4 Å². The number of carbonyl (C=O) groups excluding carboxylic acids is 3. The molecule has 0 saturated carbocycles. The van der Waals surface area contributed by atoms with E-state index in [1.54, 1.807) is 21.7 Å². The lowest BCUT2D eigenvalue weighted by Crippen LogP contribution is -2.48. The van der Waals surface area contributed by atoms with Crippen LogP contribution < -0.4 is 9.80 Å². The molecule has 10 heteroatoms. The molecule has 0 bridgehead atoms. The zero-order chi connectivity index (χ0) is 28.6. The maximum atomic E-state index is 14.0. The lowest BCUT2D eigenvalue weighted by atomic mass is 9.82. The van der Waals surface area contributed by atoms with E-state index in [4.69, 9.17) is 4.74 Å². The van der Waals surface area contributed by atoms with Gasteiger partial charge in [0.25, 0.3) is 5.91 Å². The molecule has 4 aliphatic heterocycles. The fourth-order valence-corrected chi connectivity index (χ4v) is 10.0. The summed E-state index contributed by atoms with van der Waals surface area (Å²) in [6.45, 7) is 6.49. The number of rotatable bonds is 5. The SMILES string of the molecule is C[C@H]1[C@H]([Si](C)(C)O)[C@@H](CC(=O)N2Cc3ccccc3C[C@H]2CO)O[C@]12C(=O)N(C)c1ccc(N3CCC3=O)cc12. The van der Waals surface area contributed by atoms with Crippen LogP contribution in [0.5, 0.6) is 0 Å². The highest BCUT2D eigenvalue weighted by Gasteiger charge is 2.66. The number of hydrogen-bond acceptors (Lipinski definition) is 6. The average Bonchev–Trinajstić information content (AvgIpc) is 3.33. The van der Waals surface area contributed by atoms with Gasteiger partial charge < -0.3 is 29.3 Å². The second-order valence-corrected chi connectivity index (χ2v) is 16.2. The van der Waals surface area contributed by atoms with Crippen molar-refractivity contribution in [1.29, 1.82) is 0 Å².